The molecule has 0 aliphatic carbocycles. The smallest absolute Gasteiger partial charge is 0.272 e. The second kappa shape index (κ2) is 12.0. The van der Waals surface area contributed by atoms with Crippen molar-refractivity contribution in [2.45, 2.75) is 26.3 Å². The maximum absolute atomic E-state index is 12.2. The van der Waals surface area contributed by atoms with E-state index in [2.05, 4.69) is 20.6 Å². The van der Waals surface area contributed by atoms with Gasteiger partial charge in [0, 0.05) is 37.6 Å². The Kier molecular flexibility index (Phi) is 10.4. The molecule has 2 aromatic rings. The standard InChI is InChI=1S/C17H22F2N4OS.HI/c1-12-9-22-16(25-12)6-7-21-17(20-2)23-10-13-4-3-5-14(8-13)24-11-15(18)19;/h3-5,8-9,15H,6-7,10-11H2,1-2H3,(H2,20,21,23);1H. The molecule has 0 amide bonds. The molecule has 2 N–H and O–H groups in total. The van der Waals surface area contributed by atoms with Crippen LogP contribution in [-0.2, 0) is 13.0 Å². The van der Waals surface area contributed by atoms with Crippen LogP contribution in [0.4, 0.5) is 8.78 Å². The van der Waals surface area contributed by atoms with Gasteiger partial charge in [-0.05, 0) is 24.6 Å². The monoisotopic (exact) mass is 496 g/mol. The van der Waals surface area contributed by atoms with Crippen LogP contribution < -0.4 is 15.4 Å². The lowest BCUT2D eigenvalue weighted by atomic mass is 10.2. The van der Waals surface area contributed by atoms with Crippen molar-refractivity contribution in [2.24, 2.45) is 4.99 Å². The highest BCUT2D eigenvalue weighted by Crippen LogP contribution is 2.14. The fraction of sp³-hybridized carbons (Fsp3) is 0.412. The minimum Gasteiger partial charge on any atom is -0.488 e. The molecule has 144 valence electrons. The molecule has 26 heavy (non-hydrogen) atoms. The van der Waals surface area contributed by atoms with Crippen molar-refractivity contribution >= 4 is 41.3 Å². The van der Waals surface area contributed by atoms with E-state index in [0.29, 0.717) is 18.3 Å². The summed E-state index contributed by atoms with van der Waals surface area (Å²) < 4.78 is 29.4. The van der Waals surface area contributed by atoms with Gasteiger partial charge in [-0.2, -0.15) is 0 Å². The topological polar surface area (TPSA) is 58.5 Å². The minimum atomic E-state index is -2.48. The van der Waals surface area contributed by atoms with Crippen molar-refractivity contribution in [1.29, 1.82) is 0 Å². The lowest BCUT2D eigenvalue weighted by molar-refractivity contribution is 0.0818. The van der Waals surface area contributed by atoms with Crippen molar-refractivity contribution in [1.82, 2.24) is 15.6 Å². The Balaban J connectivity index is 0.00000338. The number of aryl methyl sites for hydroxylation is 1. The number of nitrogens with one attached hydrogen (secondary N) is 2. The van der Waals surface area contributed by atoms with Crippen molar-refractivity contribution in [3.8, 4) is 5.75 Å². The molecule has 0 unspecified atom stereocenters. The molecule has 0 aliphatic rings. The van der Waals surface area contributed by atoms with E-state index in [9.17, 15) is 8.78 Å². The number of halogens is 3. The summed E-state index contributed by atoms with van der Waals surface area (Å²) in [7, 11) is 1.70. The van der Waals surface area contributed by atoms with Gasteiger partial charge >= 0.3 is 0 Å². The third-order valence-corrected chi connectivity index (χ3v) is 4.23. The molecule has 2 rings (SSSR count). The summed E-state index contributed by atoms with van der Waals surface area (Å²) in [6, 6.07) is 7.07. The predicted octanol–water partition coefficient (Wildman–Crippen LogP) is 3.62. The van der Waals surface area contributed by atoms with Crippen LogP contribution in [0.3, 0.4) is 0 Å². The normalized spacial score (nSPS) is 11.2. The molecule has 0 spiro atoms. The molecule has 1 aromatic carbocycles. The second-order valence-electron chi connectivity index (χ2n) is 5.32. The minimum absolute atomic E-state index is 0. The Morgan fingerprint density at radius 3 is 2.81 bits per heavy atom. The number of hydrogen-bond acceptors (Lipinski definition) is 4. The molecule has 0 saturated heterocycles. The number of nitrogens with zero attached hydrogens (tertiary/aromatic N) is 2. The van der Waals surface area contributed by atoms with Gasteiger partial charge in [0.1, 0.15) is 12.4 Å². The highest BCUT2D eigenvalue weighted by atomic mass is 127. The Morgan fingerprint density at radius 1 is 1.35 bits per heavy atom. The van der Waals surface area contributed by atoms with Gasteiger partial charge in [0.2, 0.25) is 0 Å². The summed E-state index contributed by atoms with van der Waals surface area (Å²) in [6.45, 7) is 2.68. The Bertz CT molecular complexity index is 697. The van der Waals surface area contributed by atoms with Crippen LogP contribution in [0.15, 0.2) is 35.5 Å². The summed E-state index contributed by atoms with van der Waals surface area (Å²) in [5.41, 5.74) is 0.922. The highest BCUT2D eigenvalue weighted by Gasteiger charge is 2.05. The summed E-state index contributed by atoms with van der Waals surface area (Å²) in [6.07, 6.45) is 0.221. The van der Waals surface area contributed by atoms with E-state index in [0.717, 1.165) is 23.5 Å². The number of rotatable bonds is 8. The van der Waals surface area contributed by atoms with Crippen LogP contribution >= 0.6 is 35.3 Å². The molecule has 0 bridgehead atoms. The zero-order valence-electron chi connectivity index (χ0n) is 14.7. The molecular formula is C17H23F2IN4OS. The lowest BCUT2D eigenvalue weighted by Crippen LogP contribution is -2.37. The zero-order valence-corrected chi connectivity index (χ0v) is 17.8. The average Bonchev–Trinajstić information content (AvgIpc) is 3.01. The number of ether oxygens (including phenoxy) is 1. The molecule has 0 radical (unpaired) electrons. The molecule has 1 heterocycles. The van der Waals surface area contributed by atoms with Crippen molar-refractivity contribution in [3.63, 3.8) is 0 Å². The molecule has 1 aromatic heterocycles. The molecule has 0 fully saturated rings. The predicted molar refractivity (Wildman–Crippen MR) is 112 cm³/mol. The molecule has 5 nitrogen and oxygen atoms in total. The van der Waals surface area contributed by atoms with E-state index < -0.39 is 13.0 Å². The average molecular weight is 496 g/mol. The largest absolute Gasteiger partial charge is 0.488 e. The van der Waals surface area contributed by atoms with Gasteiger partial charge in [0.15, 0.2) is 5.96 Å². The van der Waals surface area contributed by atoms with Crippen LogP contribution in [0.25, 0.3) is 0 Å². The van der Waals surface area contributed by atoms with Gasteiger partial charge in [0.05, 0.1) is 5.01 Å². The van der Waals surface area contributed by atoms with Crippen LogP contribution in [0.2, 0.25) is 0 Å². The van der Waals surface area contributed by atoms with E-state index in [1.165, 1.54) is 4.88 Å². The first-order valence-electron chi connectivity index (χ1n) is 7.92. The second-order valence-corrected chi connectivity index (χ2v) is 6.64. The number of aromatic nitrogens is 1. The van der Waals surface area contributed by atoms with Gasteiger partial charge in [0.25, 0.3) is 6.43 Å². The molecule has 0 atom stereocenters. The van der Waals surface area contributed by atoms with Crippen LogP contribution in [0.1, 0.15) is 15.4 Å². The summed E-state index contributed by atoms with van der Waals surface area (Å²) in [4.78, 5) is 9.69. The fourth-order valence-corrected chi connectivity index (χ4v) is 2.90. The van der Waals surface area contributed by atoms with E-state index in [4.69, 9.17) is 4.74 Å². The van der Waals surface area contributed by atoms with E-state index >= 15 is 0 Å². The van der Waals surface area contributed by atoms with Crippen molar-refractivity contribution < 1.29 is 13.5 Å². The molecular weight excluding hydrogens is 473 g/mol. The lowest BCUT2D eigenvalue weighted by Gasteiger charge is -2.12. The number of aliphatic imine (C=N–C) groups is 1. The van der Waals surface area contributed by atoms with Crippen LogP contribution in [0, 0.1) is 6.92 Å². The summed E-state index contributed by atoms with van der Waals surface area (Å²) in [5.74, 6) is 1.11. The van der Waals surface area contributed by atoms with Crippen LogP contribution in [-0.4, -0.2) is 37.6 Å². The first-order valence-corrected chi connectivity index (χ1v) is 8.74. The van der Waals surface area contributed by atoms with Gasteiger partial charge in [-0.25, -0.2) is 13.8 Å². The van der Waals surface area contributed by atoms with Gasteiger partial charge in [-0.3, -0.25) is 4.99 Å². The van der Waals surface area contributed by atoms with Crippen molar-refractivity contribution in [3.05, 3.63) is 45.9 Å². The molecule has 0 aliphatic heterocycles. The number of alkyl halides is 2. The zero-order chi connectivity index (χ0) is 18.1. The first kappa shape index (κ1) is 22.6. The summed E-state index contributed by atoms with van der Waals surface area (Å²) in [5, 5.41) is 7.50. The highest BCUT2D eigenvalue weighted by molar-refractivity contribution is 14.0. The number of benzene rings is 1. The van der Waals surface area contributed by atoms with Gasteiger partial charge < -0.3 is 15.4 Å². The number of thiazole rings is 1. The molecule has 9 heteroatoms. The maximum atomic E-state index is 12.2. The quantitative estimate of drug-likeness (QED) is 0.333. The van der Waals surface area contributed by atoms with Gasteiger partial charge in [-0.15, -0.1) is 35.3 Å². The third kappa shape index (κ3) is 8.26. The fourth-order valence-electron chi connectivity index (χ4n) is 2.12. The van der Waals surface area contributed by atoms with Gasteiger partial charge in [-0.1, -0.05) is 12.1 Å². The third-order valence-electron chi connectivity index (χ3n) is 3.26. The molecule has 0 saturated carbocycles. The SMILES string of the molecule is CN=C(NCCc1ncc(C)s1)NCc1cccc(OCC(F)F)c1.I. The van der Waals surface area contributed by atoms with E-state index in [1.54, 1.807) is 36.6 Å². The Labute approximate surface area is 173 Å². The van der Waals surface area contributed by atoms with E-state index in [-0.39, 0.29) is 24.0 Å². The van der Waals surface area contributed by atoms with Crippen molar-refractivity contribution in [2.75, 3.05) is 20.2 Å². The Hall–Kier alpha value is -1.49. The number of hydrogen-bond donors (Lipinski definition) is 2. The maximum Gasteiger partial charge on any atom is 0.272 e. The van der Waals surface area contributed by atoms with Crippen LogP contribution in [0.5, 0.6) is 5.75 Å². The first-order chi connectivity index (χ1) is 12.1. The number of guanidine groups is 1. The van der Waals surface area contributed by atoms with E-state index in [1.807, 2.05) is 19.2 Å². The Morgan fingerprint density at radius 2 is 2.15 bits per heavy atom. The summed E-state index contributed by atoms with van der Waals surface area (Å²) >= 11 is 1.69.